The Labute approximate surface area is 170 Å². The number of rotatable bonds is 6. The molecule has 2 rings (SSSR count). The minimum absolute atomic E-state index is 0.179. The van der Waals surface area contributed by atoms with Gasteiger partial charge < -0.3 is 9.63 Å². The highest BCUT2D eigenvalue weighted by Gasteiger charge is 2.30. The third-order valence-corrected chi connectivity index (χ3v) is 5.58. The van der Waals surface area contributed by atoms with Crippen LogP contribution in [0.5, 0.6) is 5.75 Å². The van der Waals surface area contributed by atoms with Gasteiger partial charge in [-0.15, -0.1) is 0 Å². The molecule has 160 valence electrons. The standard InChI is InChI=1S/C18H27O5P.C4H10/c1-11(23-24(20)21)16(19)14-10-15(18(2,3)4)17(22-5)13-9-7-6-8-12(13)14;1-3-4-2/h10-11,24H,6-9H2,1-5H3,(H,20,21);3-4H2,1-2H3. The molecule has 0 aliphatic heterocycles. The molecule has 1 aromatic rings. The molecule has 1 N–H and O–H groups in total. The summed E-state index contributed by atoms with van der Waals surface area (Å²) in [6.45, 7) is 12.1. The smallest absolute Gasteiger partial charge is 0.317 e. The molecule has 0 fully saturated rings. The van der Waals surface area contributed by atoms with Gasteiger partial charge in [0.05, 0.1) is 7.11 Å². The highest BCUT2D eigenvalue weighted by molar-refractivity contribution is 7.32. The van der Waals surface area contributed by atoms with Gasteiger partial charge in [-0.2, -0.15) is 0 Å². The molecule has 6 heteroatoms. The number of fused-ring (bicyclic) bond motifs is 1. The first-order valence-electron chi connectivity index (χ1n) is 10.2. The van der Waals surface area contributed by atoms with Crippen molar-refractivity contribution in [1.29, 1.82) is 0 Å². The SMILES string of the molecule is CCCC.COc1c(C(C)(C)C)cc(C(=O)C(C)O[PH](=O)O)c2c1CCCC2. The second-order valence-electron chi connectivity index (χ2n) is 8.31. The van der Waals surface area contributed by atoms with Crippen molar-refractivity contribution >= 4 is 14.0 Å². The fourth-order valence-corrected chi connectivity index (χ4v) is 3.76. The monoisotopic (exact) mass is 412 g/mol. The predicted molar refractivity (Wildman–Crippen MR) is 115 cm³/mol. The lowest BCUT2D eigenvalue weighted by molar-refractivity contribution is 0.0808. The van der Waals surface area contributed by atoms with Crippen LogP contribution in [0, 0.1) is 0 Å². The average molecular weight is 413 g/mol. The van der Waals surface area contributed by atoms with Crippen LogP contribution in [0.1, 0.15) is 94.3 Å². The zero-order chi connectivity index (χ0) is 21.5. The second-order valence-corrected chi connectivity index (χ2v) is 9.08. The van der Waals surface area contributed by atoms with Crippen molar-refractivity contribution in [2.24, 2.45) is 0 Å². The number of carbonyl (C=O) groups excluding carboxylic acids is 1. The average Bonchev–Trinajstić information content (AvgIpc) is 2.64. The van der Waals surface area contributed by atoms with Gasteiger partial charge in [-0.3, -0.25) is 13.9 Å². The van der Waals surface area contributed by atoms with E-state index in [1.54, 1.807) is 7.11 Å². The number of ether oxygens (including phenoxy) is 1. The summed E-state index contributed by atoms with van der Waals surface area (Å²) in [7, 11) is -1.48. The van der Waals surface area contributed by atoms with Crippen molar-refractivity contribution in [1.82, 2.24) is 0 Å². The van der Waals surface area contributed by atoms with Gasteiger partial charge in [0.15, 0.2) is 5.78 Å². The van der Waals surface area contributed by atoms with Crippen molar-refractivity contribution < 1.29 is 23.5 Å². The molecule has 0 amide bonds. The molecule has 0 aromatic heterocycles. The molecule has 0 bridgehead atoms. The largest absolute Gasteiger partial charge is 0.496 e. The van der Waals surface area contributed by atoms with E-state index < -0.39 is 14.4 Å². The number of Topliss-reactive ketones (excluding diaryl/α,β-unsaturated/α-hetero) is 1. The fraction of sp³-hybridized carbons (Fsp3) is 0.682. The van der Waals surface area contributed by atoms with Crippen LogP contribution in [0.25, 0.3) is 0 Å². The van der Waals surface area contributed by atoms with E-state index in [4.69, 9.17) is 14.2 Å². The van der Waals surface area contributed by atoms with Gasteiger partial charge in [-0.05, 0) is 55.2 Å². The predicted octanol–water partition coefficient (Wildman–Crippen LogP) is 5.65. The molecule has 1 aromatic carbocycles. The maximum absolute atomic E-state index is 12.8. The molecule has 0 radical (unpaired) electrons. The Hall–Kier alpha value is -1.16. The lowest BCUT2D eigenvalue weighted by atomic mass is 9.77. The van der Waals surface area contributed by atoms with E-state index in [1.807, 2.05) is 6.07 Å². The molecule has 0 saturated heterocycles. The van der Waals surface area contributed by atoms with E-state index in [0.29, 0.717) is 5.56 Å². The highest BCUT2D eigenvalue weighted by Crippen LogP contribution is 2.41. The minimum Gasteiger partial charge on any atom is -0.496 e. The molecular weight excluding hydrogens is 375 g/mol. The quantitative estimate of drug-likeness (QED) is 0.483. The van der Waals surface area contributed by atoms with Gasteiger partial charge in [-0.1, -0.05) is 47.5 Å². The summed E-state index contributed by atoms with van der Waals surface area (Å²) >= 11 is 0. The van der Waals surface area contributed by atoms with Crippen molar-refractivity contribution in [3.05, 3.63) is 28.3 Å². The number of benzene rings is 1. The first kappa shape index (κ1) is 24.9. The first-order chi connectivity index (χ1) is 13.1. The highest BCUT2D eigenvalue weighted by atomic mass is 31.1. The van der Waals surface area contributed by atoms with Crippen LogP contribution in [0.3, 0.4) is 0 Å². The van der Waals surface area contributed by atoms with Gasteiger partial charge >= 0.3 is 8.25 Å². The number of methoxy groups -OCH3 is 1. The maximum Gasteiger partial charge on any atom is 0.317 e. The van der Waals surface area contributed by atoms with Crippen LogP contribution < -0.4 is 4.74 Å². The lowest BCUT2D eigenvalue weighted by Crippen LogP contribution is -2.24. The van der Waals surface area contributed by atoms with Crippen LogP contribution >= 0.6 is 8.25 Å². The third kappa shape index (κ3) is 6.43. The Morgan fingerprint density at radius 2 is 1.71 bits per heavy atom. The van der Waals surface area contributed by atoms with E-state index >= 15 is 0 Å². The molecule has 1 aliphatic carbocycles. The van der Waals surface area contributed by atoms with Crippen LogP contribution in [0.2, 0.25) is 0 Å². The Kier molecular flexibility index (Phi) is 9.89. The van der Waals surface area contributed by atoms with E-state index in [2.05, 4.69) is 34.6 Å². The van der Waals surface area contributed by atoms with Crippen LogP contribution in [-0.4, -0.2) is 23.9 Å². The molecule has 2 atom stereocenters. The van der Waals surface area contributed by atoms with Crippen LogP contribution in [0.15, 0.2) is 6.07 Å². The zero-order valence-corrected chi connectivity index (χ0v) is 19.5. The van der Waals surface area contributed by atoms with Gasteiger partial charge in [0.25, 0.3) is 0 Å². The molecule has 5 nitrogen and oxygen atoms in total. The molecule has 1 aliphatic rings. The van der Waals surface area contributed by atoms with Crippen molar-refractivity contribution in [2.45, 2.75) is 91.6 Å². The molecule has 2 unspecified atom stereocenters. The number of hydrogen-bond donors (Lipinski definition) is 1. The van der Waals surface area contributed by atoms with Gasteiger partial charge in [-0.25, -0.2) is 0 Å². The summed E-state index contributed by atoms with van der Waals surface area (Å²) in [5.74, 6) is 0.631. The molecular formula is C22H37O5P. The van der Waals surface area contributed by atoms with Crippen molar-refractivity contribution in [3.8, 4) is 5.75 Å². The number of ketones is 1. The zero-order valence-electron chi connectivity index (χ0n) is 18.5. The maximum atomic E-state index is 12.8. The molecule has 0 spiro atoms. The van der Waals surface area contributed by atoms with Gasteiger partial charge in [0.1, 0.15) is 11.9 Å². The number of unbranched alkanes of at least 4 members (excludes halogenated alkanes) is 1. The van der Waals surface area contributed by atoms with E-state index in [9.17, 15) is 9.36 Å². The van der Waals surface area contributed by atoms with Crippen LogP contribution in [-0.2, 0) is 27.3 Å². The number of carbonyl (C=O) groups is 1. The summed E-state index contributed by atoms with van der Waals surface area (Å²) in [6, 6.07) is 1.89. The normalized spacial score (nSPS) is 15.7. The van der Waals surface area contributed by atoms with Gasteiger partial charge in [0.2, 0.25) is 0 Å². The van der Waals surface area contributed by atoms with Crippen LogP contribution in [0.4, 0.5) is 0 Å². The Morgan fingerprint density at radius 3 is 2.14 bits per heavy atom. The second kappa shape index (κ2) is 11.1. The Balaban J connectivity index is 0.000000892. The van der Waals surface area contributed by atoms with E-state index in [1.165, 1.54) is 19.8 Å². The molecule has 0 saturated carbocycles. The third-order valence-electron chi connectivity index (χ3n) is 5.02. The summed E-state index contributed by atoms with van der Waals surface area (Å²) in [6.07, 6.45) is 5.50. The number of hydrogen-bond acceptors (Lipinski definition) is 4. The van der Waals surface area contributed by atoms with Gasteiger partial charge in [0, 0.05) is 11.1 Å². The summed E-state index contributed by atoms with van der Waals surface area (Å²) < 4.78 is 21.5. The topological polar surface area (TPSA) is 72.8 Å². The first-order valence-corrected chi connectivity index (χ1v) is 11.5. The van der Waals surface area contributed by atoms with Crippen molar-refractivity contribution in [2.75, 3.05) is 7.11 Å². The summed E-state index contributed by atoms with van der Waals surface area (Å²) in [5.41, 5.74) is 3.51. The summed E-state index contributed by atoms with van der Waals surface area (Å²) in [4.78, 5) is 21.8. The van der Waals surface area contributed by atoms with Crippen molar-refractivity contribution in [3.63, 3.8) is 0 Å². The fourth-order valence-electron chi connectivity index (χ4n) is 3.35. The molecule has 0 heterocycles. The Morgan fingerprint density at radius 1 is 1.18 bits per heavy atom. The summed E-state index contributed by atoms with van der Waals surface area (Å²) in [5, 5.41) is 0. The molecule has 28 heavy (non-hydrogen) atoms. The van der Waals surface area contributed by atoms with E-state index in [0.717, 1.165) is 48.1 Å². The minimum atomic E-state index is -3.15. The lowest BCUT2D eigenvalue weighted by Gasteiger charge is -2.29. The Bertz CT molecular complexity index is 689. The van der Waals surface area contributed by atoms with E-state index in [-0.39, 0.29) is 11.2 Å².